The van der Waals surface area contributed by atoms with Gasteiger partial charge in [0.2, 0.25) is 6.41 Å². The Morgan fingerprint density at radius 2 is 2.05 bits per heavy atom. The number of aliphatic hydroxyl groups excluding tert-OH is 1. The van der Waals surface area contributed by atoms with E-state index in [0.29, 0.717) is 43.1 Å². The van der Waals surface area contributed by atoms with Crippen LogP contribution in [-0.2, 0) is 19.9 Å². The number of carbonyl (C=O) groups is 1. The van der Waals surface area contributed by atoms with Crippen molar-refractivity contribution in [1.29, 1.82) is 0 Å². The first-order valence-corrected chi connectivity index (χ1v) is 13.2. The summed E-state index contributed by atoms with van der Waals surface area (Å²) in [5, 5.41) is 24.1. The molecule has 8 nitrogen and oxygen atoms in total. The van der Waals surface area contributed by atoms with E-state index in [4.69, 9.17) is 26.8 Å². The lowest BCUT2D eigenvalue weighted by molar-refractivity contribution is -0.287. The molecule has 4 N–H and O–H groups in total. The number of morpholine rings is 1. The lowest BCUT2D eigenvalue weighted by Crippen LogP contribution is -2.71. The van der Waals surface area contributed by atoms with E-state index in [2.05, 4.69) is 0 Å². The van der Waals surface area contributed by atoms with Gasteiger partial charge in [-0.25, -0.2) is 0 Å². The fourth-order valence-electron chi connectivity index (χ4n) is 5.76. The van der Waals surface area contributed by atoms with Gasteiger partial charge in [0.05, 0.1) is 19.3 Å². The topological polar surface area (TPSA) is 108 Å². The second kappa shape index (κ2) is 11.8. The molecule has 0 bridgehead atoms. The summed E-state index contributed by atoms with van der Waals surface area (Å²) in [6, 6.07) is 13.0. The highest BCUT2D eigenvalue weighted by molar-refractivity contribution is 6.33. The van der Waals surface area contributed by atoms with Crippen LogP contribution < -0.4 is 5.73 Å². The van der Waals surface area contributed by atoms with E-state index in [-0.39, 0.29) is 19.7 Å². The van der Waals surface area contributed by atoms with Gasteiger partial charge in [-0.05, 0) is 43.4 Å². The Morgan fingerprint density at radius 3 is 2.73 bits per heavy atom. The maximum atomic E-state index is 13.0. The lowest BCUT2D eigenvalue weighted by atomic mass is 9.74. The van der Waals surface area contributed by atoms with Crippen LogP contribution in [0.25, 0.3) is 11.1 Å². The Morgan fingerprint density at radius 1 is 1.27 bits per heavy atom. The van der Waals surface area contributed by atoms with Crippen molar-refractivity contribution < 1.29 is 24.5 Å². The van der Waals surface area contributed by atoms with Crippen molar-refractivity contribution in [2.24, 2.45) is 5.73 Å². The maximum Gasteiger partial charge on any atom is 0.209 e. The van der Waals surface area contributed by atoms with Crippen LogP contribution in [0.2, 0.25) is 5.02 Å². The summed E-state index contributed by atoms with van der Waals surface area (Å²) >= 11 is 6.84. The average molecular weight is 532 g/mol. The number of carbonyl (C=O) groups excluding carboxylic acids is 1. The van der Waals surface area contributed by atoms with Crippen molar-refractivity contribution in [3.05, 3.63) is 58.6 Å². The first kappa shape index (κ1) is 28.0. The third-order valence-electron chi connectivity index (χ3n) is 7.68. The second-order valence-electron chi connectivity index (χ2n) is 10.2. The Balaban J connectivity index is 1.93. The van der Waals surface area contributed by atoms with Crippen molar-refractivity contribution in [1.82, 2.24) is 9.80 Å². The van der Waals surface area contributed by atoms with Crippen molar-refractivity contribution in [2.45, 2.75) is 49.7 Å². The molecule has 2 fully saturated rings. The van der Waals surface area contributed by atoms with Crippen molar-refractivity contribution >= 4 is 18.0 Å². The predicted molar refractivity (Wildman–Crippen MR) is 143 cm³/mol. The van der Waals surface area contributed by atoms with Gasteiger partial charge in [0.25, 0.3) is 0 Å². The van der Waals surface area contributed by atoms with Crippen molar-refractivity contribution in [3.63, 3.8) is 0 Å². The second-order valence-corrected chi connectivity index (χ2v) is 10.6. The summed E-state index contributed by atoms with van der Waals surface area (Å²) < 4.78 is 11.8. The number of benzene rings is 2. The Labute approximate surface area is 223 Å². The zero-order valence-corrected chi connectivity index (χ0v) is 22.4. The number of likely N-dealkylation sites (tertiary alicyclic amines) is 1. The summed E-state index contributed by atoms with van der Waals surface area (Å²) in [7, 11) is 1.65. The number of ether oxygens (including phenoxy) is 2. The molecule has 2 saturated heterocycles. The molecule has 2 aromatic carbocycles. The first-order valence-electron chi connectivity index (χ1n) is 12.8. The zero-order chi connectivity index (χ0) is 26.6. The molecule has 0 saturated carbocycles. The van der Waals surface area contributed by atoms with E-state index in [0.717, 1.165) is 29.5 Å². The molecule has 2 unspecified atom stereocenters. The Bertz CT molecular complexity index is 1080. The number of aliphatic hydroxyl groups is 2. The lowest BCUT2D eigenvalue weighted by Gasteiger charge is -2.56. The third-order valence-corrected chi connectivity index (χ3v) is 7.99. The van der Waals surface area contributed by atoms with Crippen LogP contribution in [0, 0.1) is 6.92 Å². The van der Waals surface area contributed by atoms with Crippen LogP contribution in [-0.4, -0.2) is 90.8 Å². The highest BCUT2D eigenvalue weighted by Gasteiger charge is 2.60. The summed E-state index contributed by atoms with van der Waals surface area (Å²) in [4.78, 5) is 15.5. The highest BCUT2D eigenvalue weighted by atomic mass is 35.5. The highest BCUT2D eigenvalue weighted by Crippen LogP contribution is 2.49. The zero-order valence-electron chi connectivity index (χ0n) is 21.6. The van der Waals surface area contributed by atoms with E-state index < -0.39 is 23.5 Å². The van der Waals surface area contributed by atoms with Crippen LogP contribution in [0.1, 0.15) is 30.4 Å². The van der Waals surface area contributed by atoms with Gasteiger partial charge in [0.1, 0.15) is 5.60 Å². The van der Waals surface area contributed by atoms with Crippen LogP contribution in [0.15, 0.2) is 42.5 Å². The molecule has 37 heavy (non-hydrogen) atoms. The number of β-amino-alcohol motifs (C(OH)–C–C–N with tert-alkyl or cyclic N) is 1. The van der Waals surface area contributed by atoms with E-state index >= 15 is 0 Å². The minimum atomic E-state index is -1.60. The Hall–Kier alpha value is -2.04. The third kappa shape index (κ3) is 5.43. The van der Waals surface area contributed by atoms with E-state index in [9.17, 15) is 15.0 Å². The predicted octanol–water partition coefficient (Wildman–Crippen LogP) is 2.51. The van der Waals surface area contributed by atoms with Crippen LogP contribution in [0.4, 0.5) is 0 Å². The molecule has 0 aromatic heterocycles. The summed E-state index contributed by atoms with van der Waals surface area (Å²) in [5.41, 5.74) is 6.57. The van der Waals surface area contributed by atoms with Crippen LogP contribution >= 0.6 is 11.6 Å². The van der Waals surface area contributed by atoms with E-state index in [1.165, 1.54) is 0 Å². The van der Waals surface area contributed by atoms with Gasteiger partial charge in [0, 0.05) is 50.0 Å². The number of methoxy groups -OCH3 is 1. The largest absolute Gasteiger partial charge is 0.390 e. The molecule has 2 aromatic rings. The molecule has 4 atom stereocenters. The molecule has 202 valence electrons. The number of nitrogens with zero attached hydrogens (tertiary/aromatic N) is 2. The molecule has 1 amide bonds. The van der Waals surface area contributed by atoms with Gasteiger partial charge >= 0.3 is 0 Å². The number of halogens is 1. The standard InChI is InChI=1S/C28H38ClN3O5/c1-20-7-5-8-21(15-20)26-22(9-6-10-23(26)29)27(35,11-3-4-13-36-2)28(18-31(19-33)12-14-37-28)32-16-24(30)25(34)17-32/h5-10,15,19,24-25,34-35H,3-4,11-14,16-18,30H2,1-2H3/t24-,25+,27?,28?/m1/s1. The number of unbranched alkanes of at least 4 members (excludes halogenated alkanes) is 1. The van der Waals surface area contributed by atoms with Crippen LogP contribution in [0.3, 0.4) is 0 Å². The maximum absolute atomic E-state index is 13.0. The quantitative estimate of drug-likeness (QED) is 0.319. The number of aryl methyl sites for hydroxylation is 1. The Kier molecular flexibility index (Phi) is 8.91. The molecule has 0 radical (unpaired) electrons. The van der Waals surface area contributed by atoms with Gasteiger partial charge in [-0.1, -0.05) is 53.6 Å². The molecule has 2 heterocycles. The minimum Gasteiger partial charge on any atom is -0.390 e. The number of nitrogens with two attached hydrogens (primary N) is 1. The molecule has 0 aliphatic carbocycles. The van der Waals surface area contributed by atoms with Crippen molar-refractivity contribution in [3.8, 4) is 11.1 Å². The number of rotatable bonds is 10. The smallest absolute Gasteiger partial charge is 0.209 e. The molecule has 4 rings (SSSR count). The molecule has 0 spiro atoms. The molecule has 2 aliphatic rings. The van der Waals surface area contributed by atoms with Gasteiger partial charge in [-0.3, -0.25) is 9.69 Å². The molecular formula is C28H38ClN3O5. The number of hydrogen-bond donors (Lipinski definition) is 3. The van der Waals surface area contributed by atoms with Crippen molar-refractivity contribution in [2.75, 3.05) is 46.5 Å². The average Bonchev–Trinajstić information content (AvgIpc) is 3.24. The fourth-order valence-corrected chi connectivity index (χ4v) is 6.05. The SMILES string of the molecule is COCCCCC(O)(c1cccc(Cl)c1-c1cccc(C)c1)C1(N2C[C@@H](N)[C@@H](O)C2)CN(C=O)CCO1. The number of amides is 1. The molecule has 2 aliphatic heterocycles. The monoisotopic (exact) mass is 531 g/mol. The molecular weight excluding hydrogens is 494 g/mol. The normalized spacial score (nSPS) is 26.3. The summed E-state index contributed by atoms with van der Waals surface area (Å²) in [5.74, 6) is 0. The fraction of sp³-hybridized carbons (Fsp3) is 0.536. The van der Waals surface area contributed by atoms with E-state index in [1.807, 2.05) is 54.3 Å². The summed E-state index contributed by atoms with van der Waals surface area (Å²) in [6.45, 7) is 3.87. The first-order chi connectivity index (χ1) is 17.8. The minimum absolute atomic E-state index is 0.122. The van der Waals surface area contributed by atoms with Gasteiger partial charge < -0.3 is 30.3 Å². The van der Waals surface area contributed by atoms with Gasteiger partial charge in [-0.15, -0.1) is 0 Å². The van der Waals surface area contributed by atoms with E-state index in [1.54, 1.807) is 12.0 Å². The van der Waals surface area contributed by atoms with Gasteiger partial charge in [-0.2, -0.15) is 0 Å². The van der Waals surface area contributed by atoms with Gasteiger partial charge in [0.15, 0.2) is 5.72 Å². The van der Waals surface area contributed by atoms with Crippen LogP contribution in [0.5, 0.6) is 0 Å². The molecule has 9 heteroatoms. The summed E-state index contributed by atoms with van der Waals surface area (Å²) in [6.07, 6.45) is 1.70. The number of hydrogen-bond acceptors (Lipinski definition) is 7.